The highest BCUT2D eigenvalue weighted by Gasteiger charge is 2.10. The molecule has 0 aromatic heterocycles. The first-order valence-electron chi connectivity index (χ1n) is 7.26. The van der Waals surface area contributed by atoms with E-state index in [4.69, 9.17) is 9.47 Å². The zero-order chi connectivity index (χ0) is 16.7. The van der Waals surface area contributed by atoms with Gasteiger partial charge in [-0.25, -0.2) is 4.79 Å². The lowest BCUT2D eigenvalue weighted by Gasteiger charge is -2.11. The number of hydrogen-bond acceptors (Lipinski definition) is 4. The molecule has 0 fully saturated rings. The molecule has 0 spiro atoms. The number of carbonyl (C=O) groups is 2. The normalized spacial score (nSPS) is 10.0. The Balaban J connectivity index is 1.75. The molecule has 23 heavy (non-hydrogen) atoms. The molecule has 0 atom stereocenters. The lowest BCUT2D eigenvalue weighted by molar-refractivity contribution is -0.149. The van der Waals surface area contributed by atoms with E-state index in [-0.39, 0.29) is 19.1 Å². The highest BCUT2D eigenvalue weighted by molar-refractivity contribution is 5.93. The van der Waals surface area contributed by atoms with E-state index in [9.17, 15) is 9.59 Å². The predicted molar refractivity (Wildman–Crippen MR) is 87.4 cm³/mol. The topological polar surface area (TPSA) is 64.6 Å². The largest absolute Gasteiger partial charge is 0.482 e. The Morgan fingerprint density at radius 1 is 0.957 bits per heavy atom. The van der Waals surface area contributed by atoms with Crippen molar-refractivity contribution in [3.63, 3.8) is 0 Å². The van der Waals surface area contributed by atoms with Crippen molar-refractivity contribution in [2.24, 2.45) is 0 Å². The van der Waals surface area contributed by atoms with Gasteiger partial charge in [0.25, 0.3) is 5.91 Å². The molecule has 0 heterocycles. The van der Waals surface area contributed by atoms with Crippen molar-refractivity contribution in [3.8, 4) is 5.75 Å². The minimum atomic E-state index is -0.593. The second kappa shape index (κ2) is 7.98. The molecular formula is C18H19NO4. The smallest absolute Gasteiger partial charge is 0.344 e. The maximum Gasteiger partial charge on any atom is 0.344 e. The van der Waals surface area contributed by atoms with Crippen molar-refractivity contribution in [1.82, 2.24) is 0 Å². The number of esters is 1. The van der Waals surface area contributed by atoms with Gasteiger partial charge in [0.15, 0.2) is 13.2 Å². The van der Waals surface area contributed by atoms with Crippen LogP contribution in [0.25, 0.3) is 0 Å². The van der Waals surface area contributed by atoms with E-state index in [1.165, 1.54) is 0 Å². The van der Waals surface area contributed by atoms with Gasteiger partial charge in [-0.1, -0.05) is 30.3 Å². The van der Waals surface area contributed by atoms with Gasteiger partial charge < -0.3 is 14.8 Å². The van der Waals surface area contributed by atoms with E-state index < -0.39 is 5.97 Å². The molecule has 1 N–H and O–H groups in total. The summed E-state index contributed by atoms with van der Waals surface area (Å²) >= 11 is 0. The van der Waals surface area contributed by atoms with E-state index >= 15 is 0 Å². The van der Waals surface area contributed by atoms with Crippen LogP contribution in [0.5, 0.6) is 5.75 Å². The molecule has 0 aliphatic heterocycles. The zero-order valence-corrected chi connectivity index (χ0v) is 13.2. The second-order valence-corrected chi connectivity index (χ2v) is 5.06. The third-order valence-electron chi connectivity index (χ3n) is 3.34. The van der Waals surface area contributed by atoms with Crippen LogP contribution >= 0.6 is 0 Å². The van der Waals surface area contributed by atoms with Crippen LogP contribution in [0.3, 0.4) is 0 Å². The first-order chi connectivity index (χ1) is 11.1. The highest BCUT2D eigenvalue weighted by Crippen LogP contribution is 2.17. The molecule has 2 aromatic rings. The first-order valence-corrected chi connectivity index (χ1v) is 7.26. The Bertz CT molecular complexity index is 683. The number of amides is 1. The summed E-state index contributed by atoms with van der Waals surface area (Å²) < 4.78 is 10.1. The third-order valence-corrected chi connectivity index (χ3v) is 3.34. The van der Waals surface area contributed by atoms with E-state index in [2.05, 4.69) is 5.32 Å². The van der Waals surface area contributed by atoms with Crippen molar-refractivity contribution >= 4 is 17.6 Å². The highest BCUT2D eigenvalue weighted by atomic mass is 16.6. The molecule has 2 rings (SSSR count). The fourth-order valence-electron chi connectivity index (χ4n) is 1.92. The van der Waals surface area contributed by atoms with E-state index in [0.717, 1.165) is 11.1 Å². The summed E-state index contributed by atoms with van der Waals surface area (Å²) in [4.78, 5) is 23.4. The zero-order valence-electron chi connectivity index (χ0n) is 13.2. The lowest BCUT2D eigenvalue weighted by Crippen LogP contribution is -2.24. The van der Waals surface area contributed by atoms with E-state index in [0.29, 0.717) is 11.4 Å². The van der Waals surface area contributed by atoms with Crippen LogP contribution in [0.15, 0.2) is 48.5 Å². The molecule has 1 amide bonds. The molecule has 5 nitrogen and oxygen atoms in total. The summed E-state index contributed by atoms with van der Waals surface area (Å²) in [5.74, 6) is -0.402. The average Bonchev–Trinajstić information content (AvgIpc) is 2.56. The van der Waals surface area contributed by atoms with Crippen molar-refractivity contribution in [2.75, 3.05) is 18.5 Å². The molecule has 0 aliphatic rings. The van der Waals surface area contributed by atoms with Crippen molar-refractivity contribution in [1.29, 1.82) is 0 Å². The quantitative estimate of drug-likeness (QED) is 0.833. The summed E-state index contributed by atoms with van der Waals surface area (Å²) in [5, 5.41) is 2.72. The van der Waals surface area contributed by atoms with Gasteiger partial charge >= 0.3 is 5.97 Å². The van der Waals surface area contributed by atoms with Gasteiger partial charge in [-0.2, -0.15) is 0 Å². The van der Waals surface area contributed by atoms with Crippen molar-refractivity contribution in [2.45, 2.75) is 13.8 Å². The Kier molecular flexibility index (Phi) is 5.74. The summed E-state index contributed by atoms with van der Waals surface area (Å²) in [5.41, 5.74) is 2.78. The minimum Gasteiger partial charge on any atom is -0.482 e. The number of carbonyl (C=O) groups excluding carboxylic acids is 2. The van der Waals surface area contributed by atoms with Gasteiger partial charge in [-0.3, -0.25) is 4.79 Å². The van der Waals surface area contributed by atoms with Gasteiger partial charge in [-0.05, 0) is 43.2 Å². The Morgan fingerprint density at radius 2 is 1.70 bits per heavy atom. The molecular weight excluding hydrogens is 294 g/mol. The van der Waals surface area contributed by atoms with Crippen LogP contribution in [0, 0.1) is 13.8 Å². The fraction of sp³-hybridized carbons (Fsp3) is 0.222. The molecule has 120 valence electrons. The number of ether oxygens (including phenoxy) is 2. The summed E-state index contributed by atoms with van der Waals surface area (Å²) in [6, 6.07) is 14.6. The summed E-state index contributed by atoms with van der Waals surface area (Å²) in [6.45, 7) is 3.31. The van der Waals surface area contributed by atoms with Crippen LogP contribution in [0.4, 0.5) is 5.69 Å². The fourth-order valence-corrected chi connectivity index (χ4v) is 1.92. The summed E-state index contributed by atoms with van der Waals surface area (Å²) in [7, 11) is 0. The number of hydrogen-bond donors (Lipinski definition) is 1. The van der Waals surface area contributed by atoms with Gasteiger partial charge in [0.2, 0.25) is 0 Å². The Hall–Kier alpha value is -2.82. The second-order valence-electron chi connectivity index (χ2n) is 5.06. The van der Waals surface area contributed by atoms with Crippen LogP contribution in [-0.4, -0.2) is 25.1 Å². The molecule has 2 aromatic carbocycles. The van der Waals surface area contributed by atoms with Crippen molar-refractivity contribution in [3.05, 3.63) is 59.7 Å². The SMILES string of the molecule is Cc1cccc(NC(=O)COC(=O)COc2ccccc2)c1C. The third kappa shape index (κ3) is 5.14. The molecule has 0 bridgehead atoms. The van der Waals surface area contributed by atoms with E-state index in [1.54, 1.807) is 30.3 Å². The Labute approximate surface area is 135 Å². The van der Waals surface area contributed by atoms with Crippen LogP contribution < -0.4 is 10.1 Å². The van der Waals surface area contributed by atoms with Gasteiger partial charge in [0, 0.05) is 5.69 Å². The lowest BCUT2D eigenvalue weighted by atomic mass is 10.1. The number of aryl methyl sites for hydroxylation is 1. The first kappa shape index (κ1) is 16.5. The molecule has 0 unspecified atom stereocenters. The number of benzene rings is 2. The number of nitrogens with one attached hydrogen (secondary N) is 1. The number of rotatable bonds is 6. The summed E-state index contributed by atoms with van der Waals surface area (Å²) in [6.07, 6.45) is 0. The van der Waals surface area contributed by atoms with Crippen LogP contribution in [-0.2, 0) is 14.3 Å². The van der Waals surface area contributed by atoms with Gasteiger partial charge in [-0.15, -0.1) is 0 Å². The average molecular weight is 313 g/mol. The van der Waals surface area contributed by atoms with Gasteiger partial charge in [0.05, 0.1) is 0 Å². The van der Waals surface area contributed by atoms with E-state index in [1.807, 2.05) is 32.0 Å². The molecule has 5 heteroatoms. The molecule has 0 saturated carbocycles. The number of anilines is 1. The minimum absolute atomic E-state index is 0.235. The standard InChI is InChI=1S/C18H19NO4/c1-13-7-6-10-16(14(13)2)19-17(20)11-23-18(21)12-22-15-8-4-3-5-9-15/h3-10H,11-12H2,1-2H3,(H,19,20). The maximum absolute atomic E-state index is 11.8. The number of para-hydroxylation sites is 1. The monoisotopic (exact) mass is 313 g/mol. The predicted octanol–water partition coefficient (Wildman–Crippen LogP) is 2.86. The molecule has 0 aliphatic carbocycles. The Morgan fingerprint density at radius 3 is 2.43 bits per heavy atom. The maximum atomic E-state index is 11.8. The van der Waals surface area contributed by atoms with Crippen LogP contribution in [0.1, 0.15) is 11.1 Å². The van der Waals surface area contributed by atoms with Crippen molar-refractivity contribution < 1.29 is 19.1 Å². The van der Waals surface area contributed by atoms with Crippen LogP contribution in [0.2, 0.25) is 0 Å². The van der Waals surface area contributed by atoms with Gasteiger partial charge in [0.1, 0.15) is 5.75 Å². The molecule has 0 saturated heterocycles. The molecule has 0 radical (unpaired) electrons.